The van der Waals surface area contributed by atoms with E-state index in [1.165, 1.54) is 0 Å². The SMILES string of the molecule is CCc1c(C(=O)O)c(-c2ccc(Cl)c(Cl)c2)nn1-c1ccccc1. The maximum Gasteiger partial charge on any atom is 0.339 e. The zero-order valence-corrected chi connectivity index (χ0v) is 14.3. The zero-order valence-electron chi connectivity index (χ0n) is 12.8. The second-order valence-electron chi connectivity index (χ2n) is 5.21. The van der Waals surface area contributed by atoms with E-state index >= 15 is 0 Å². The number of rotatable bonds is 4. The van der Waals surface area contributed by atoms with Crippen LogP contribution in [0, 0.1) is 0 Å². The lowest BCUT2D eigenvalue weighted by atomic mass is 10.0. The van der Waals surface area contributed by atoms with Gasteiger partial charge in [-0.25, -0.2) is 9.48 Å². The number of hydrogen-bond acceptors (Lipinski definition) is 2. The predicted molar refractivity (Wildman–Crippen MR) is 95.4 cm³/mol. The molecule has 0 saturated heterocycles. The lowest BCUT2D eigenvalue weighted by Gasteiger charge is -2.05. The molecular weight excluding hydrogens is 347 g/mol. The fraction of sp³-hybridized carbons (Fsp3) is 0.111. The zero-order chi connectivity index (χ0) is 17.3. The minimum Gasteiger partial charge on any atom is -0.478 e. The van der Waals surface area contributed by atoms with Crippen LogP contribution in [-0.4, -0.2) is 20.9 Å². The first-order valence-corrected chi connectivity index (χ1v) is 8.14. The molecule has 0 spiro atoms. The Balaban J connectivity index is 2.28. The summed E-state index contributed by atoms with van der Waals surface area (Å²) in [5.41, 5.74) is 2.62. The molecule has 6 heteroatoms. The van der Waals surface area contributed by atoms with E-state index in [-0.39, 0.29) is 5.56 Å². The minimum atomic E-state index is -1.02. The molecule has 0 atom stereocenters. The largest absolute Gasteiger partial charge is 0.478 e. The van der Waals surface area contributed by atoms with Crippen LogP contribution in [0.15, 0.2) is 48.5 Å². The predicted octanol–water partition coefficient (Wildman–Crippen LogP) is 5.11. The van der Waals surface area contributed by atoms with Crippen molar-refractivity contribution in [2.75, 3.05) is 0 Å². The molecule has 3 aromatic rings. The van der Waals surface area contributed by atoms with Gasteiger partial charge in [0.1, 0.15) is 11.3 Å². The summed E-state index contributed by atoms with van der Waals surface area (Å²) < 4.78 is 1.67. The van der Waals surface area contributed by atoms with Crippen molar-refractivity contribution in [3.05, 3.63) is 69.8 Å². The van der Waals surface area contributed by atoms with Gasteiger partial charge in [0, 0.05) is 5.56 Å². The lowest BCUT2D eigenvalue weighted by Crippen LogP contribution is -2.05. The molecule has 0 amide bonds. The van der Waals surface area contributed by atoms with Crippen molar-refractivity contribution >= 4 is 29.2 Å². The van der Waals surface area contributed by atoms with E-state index in [1.54, 1.807) is 22.9 Å². The molecular formula is C18H14Cl2N2O2. The molecule has 2 aromatic carbocycles. The number of carboxylic acid groups (broad SMARTS) is 1. The van der Waals surface area contributed by atoms with Crippen LogP contribution in [0.4, 0.5) is 0 Å². The van der Waals surface area contributed by atoms with Gasteiger partial charge in [-0.15, -0.1) is 0 Å². The van der Waals surface area contributed by atoms with E-state index in [1.807, 2.05) is 37.3 Å². The Bertz CT molecular complexity index is 905. The van der Waals surface area contributed by atoms with Crippen LogP contribution in [0.1, 0.15) is 23.0 Å². The minimum absolute atomic E-state index is 0.180. The number of aromatic carboxylic acids is 1. The van der Waals surface area contributed by atoms with Crippen molar-refractivity contribution in [3.63, 3.8) is 0 Å². The third kappa shape index (κ3) is 2.90. The highest BCUT2D eigenvalue weighted by Gasteiger charge is 2.24. The van der Waals surface area contributed by atoms with Gasteiger partial charge in [-0.2, -0.15) is 5.10 Å². The maximum absolute atomic E-state index is 11.9. The van der Waals surface area contributed by atoms with Crippen molar-refractivity contribution in [1.29, 1.82) is 0 Å². The van der Waals surface area contributed by atoms with E-state index in [9.17, 15) is 9.90 Å². The van der Waals surface area contributed by atoms with Crippen LogP contribution in [0.2, 0.25) is 10.0 Å². The summed E-state index contributed by atoms with van der Waals surface area (Å²) in [6.45, 7) is 1.90. The van der Waals surface area contributed by atoms with Gasteiger partial charge < -0.3 is 5.11 Å². The Morgan fingerprint density at radius 3 is 2.42 bits per heavy atom. The van der Waals surface area contributed by atoms with Gasteiger partial charge in [-0.3, -0.25) is 0 Å². The maximum atomic E-state index is 11.9. The van der Waals surface area contributed by atoms with Crippen LogP contribution in [-0.2, 0) is 6.42 Å². The molecule has 4 nitrogen and oxygen atoms in total. The van der Waals surface area contributed by atoms with Crippen molar-refractivity contribution in [2.24, 2.45) is 0 Å². The number of benzene rings is 2. The quantitative estimate of drug-likeness (QED) is 0.703. The molecule has 0 saturated carbocycles. The summed E-state index contributed by atoms with van der Waals surface area (Å²) in [6, 6.07) is 14.4. The van der Waals surface area contributed by atoms with E-state index in [0.29, 0.717) is 33.4 Å². The van der Waals surface area contributed by atoms with Crippen molar-refractivity contribution < 1.29 is 9.90 Å². The first kappa shape index (κ1) is 16.6. The van der Waals surface area contributed by atoms with Gasteiger partial charge in [0.05, 0.1) is 21.4 Å². The van der Waals surface area contributed by atoms with Crippen LogP contribution in [0.25, 0.3) is 16.9 Å². The number of carboxylic acids is 1. The molecule has 0 unspecified atom stereocenters. The summed E-state index contributed by atoms with van der Waals surface area (Å²) in [7, 11) is 0. The molecule has 0 radical (unpaired) electrons. The van der Waals surface area contributed by atoms with Gasteiger partial charge >= 0.3 is 5.97 Å². The second-order valence-corrected chi connectivity index (χ2v) is 6.02. The third-order valence-electron chi connectivity index (χ3n) is 3.72. The highest BCUT2D eigenvalue weighted by Crippen LogP contribution is 2.32. The monoisotopic (exact) mass is 360 g/mol. The molecule has 1 aromatic heterocycles. The van der Waals surface area contributed by atoms with Crippen LogP contribution >= 0.6 is 23.2 Å². The second kappa shape index (κ2) is 6.67. The van der Waals surface area contributed by atoms with Crippen molar-refractivity contribution in [3.8, 4) is 16.9 Å². The average Bonchev–Trinajstić information content (AvgIpc) is 2.98. The normalized spacial score (nSPS) is 10.8. The summed E-state index contributed by atoms with van der Waals surface area (Å²) >= 11 is 12.0. The Morgan fingerprint density at radius 2 is 1.83 bits per heavy atom. The molecule has 1 heterocycles. The highest BCUT2D eigenvalue weighted by atomic mass is 35.5. The smallest absolute Gasteiger partial charge is 0.339 e. The first-order valence-electron chi connectivity index (χ1n) is 7.39. The van der Waals surface area contributed by atoms with Crippen LogP contribution in [0.5, 0.6) is 0 Å². The van der Waals surface area contributed by atoms with Gasteiger partial charge in [-0.1, -0.05) is 54.4 Å². The average molecular weight is 361 g/mol. The Hall–Kier alpha value is -2.30. The Morgan fingerprint density at radius 1 is 1.12 bits per heavy atom. The fourth-order valence-corrected chi connectivity index (χ4v) is 2.93. The molecule has 3 rings (SSSR count). The molecule has 122 valence electrons. The third-order valence-corrected chi connectivity index (χ3v) is 4.46. The van der Waals surface area contributed by atoms with Gasteiger partial charge in [0.25, 0.3) is 0 Å². The van der Waals surface area contributed by atoms with Gasteiger partial charge in [0.2, 0.25) is 0 Å². The van der Waals surface area contributed by atoms with Gasteiger partial charge in [-0.05, 0) is 30.7 Å². The van der Waals surface area contributed by atoms with E-state index in [4.69, 9.17) is 23.2 Å². The number of nitrogens with zero attached hydrogens (tertiary/aromatic N) is 2. The van der Waals surface area contributed by atoms with Gasteiger partial charge in [0.15, 0.2) is 0 Å². The number of aromatic nitrogens is 2. The Labute approximate surface area is 149 Å². The molecule has 0 fully saturated rings. The molecule has 0 aliphatic carbocycles. The molecule has 0 bridgehead atoms. The van der Waals surface area contributed by atoms with E-state index in [2.05, 4.69) is 5.10 Å². The Kier molecular flexibility index (Phi) is 4.60. The molecule has 1 N–H and O–H groups in total. The fourth-order valence-electron chi connectivity index (χ4n) is 2.63. The number of para-hydroxylation sites is 1. The van der Waals surface area contributed by atoms with Crippen molar-refractivity contribution in [1.82, 2.24) is 9.78 Å². The summed E-state index contributed by atoms with van der Waals surface area (Å²) in [4.78, 5) is 11.9. The highest BCUT2D eigenvalue weighted by molar-refractivity contribution is 6.42. The molecule has 0 aliphatic heterocycles. The summed E-state index contributed by atoms with van der Waals surface area (Å²) in [5.74, 6) is -1.02. The standard InChI is InChI=1S/C18H14Cl2N2O2/c1-2-15-16(18(23)24)17(11-8-9-13(19)14(20)10-11)21-22(15)12-6-4-3-5-7-12/h3-10H,2H2,1H3,(H,23,24). The lowest BCUT2D eigenvalue weighted by molar-refractivity contribution is 0.0696. The summed E-state index contributed by atoms with van der Waals surface area (Å²) in [6.07, 6.45) is 0.533. The topological polar surface area (TPSA) is 55.1 Å². The van der Waals surface area contributed by atoms with Crippen molar-refractivity contribution in [2.45, 2.75) is 13.3 Å². The van der Waals surface area contributed by atoms with E-state index in [0.717, 1.165) is 5.69 Å². The molecule has 24 heavy (non-hydrogen) atoms. The summed E-state index contributed by atoms with van der Waals surface area (Å²) in [5, 5.41) is 15.0. The van der Waals surface area contributed by atoms with Crippen LogP contribution < -0.4 is 0 Å². The first-order chi connectivity index (χ1) is 11.5. The number of halogens is 2. The van der Waals surface area contributed by atoms with Crippen LogP contribution in [0.3, 0.4) is 0 Å². The number of hydrogen-bond donors (Lipinski definition) is 1. The molecule has 0 aliphatic rings. The van der Waals surface area contributed by atoms with E-state index < -0.39 is 5.97 Å². The number of carbonyl (C=O) groups is 1.